The summed E-state index contributed by atoms with van der Waals surface area (Å²) in [7, 11) is 0. The largest absolute Gasteiger partial charge is 0.388 e. The maximum Gasteiger partial charge on any atom is 0.156 e. The van der Waals surface area contributed by atoms with Crippen LogP contribution in [0.1, 0.15) is 17.1 Å². The Morgan fingerprint density at radius 3 is 2.82 bits per heavy atom. The van der Waals surface area contributed by atoms with Gasteiger partial charge in [0.05, 0.1) is 24.6 Å². The van der Waals surface area contributed by atoms with Gasteiger partial charge >= 0.3 is 0 Å². The molecule has 17 heavy (non-hydrogen) atoms. The van der Waals surface area contributed by atoms with Gasteiger partial charge in [-0.05, 0) is 6.92 Å². The Balaban J connectivity index is 1.97. The summed E-state index contributed by atoms with van der Waals surface area (Å²) < 4.78 is 5.05. The Bertz CT molecular complexity index is 522. The molecular weight excluding hydrogens is 238 g/mol. The number of aromatic nitrogens is 3. The van der Waals surface area contributed by atoms with Crippen molar-refractivity contribution in [1.29, 1.82) is 0 Å². The normalized spacial score (nSPS) is 10.2. The minimum absolute atomic E-state index is 0.231. The van der Waals surface area contributed by atoms with Crippen LogP contribution in [0.4, 0.5) is 5.82 Å². The molecule has 0 unspecified atom stereocenters. The number of hydrogen-bond acceptors (Lipinski definition) is 6. The molecule has 0 aliphatic rings. The second-order valence-electron chi connectivity index (χ2n) is 3.44. The van der Waals surface area contributed by atoms with E-state index in [-0.39, 0.29) is 4.99 Å². The van der Waals surface area contributed by atoms with Crippen LogP contribution >= 0.6 is 12.2 Å². The summed E-state index contributed by atoms with van der Waals surface area (Å²) in [5.41, 5.74) is 6.76. The number of nitrogens with one attached hydrogen (secondary N) is 1. The first-order valence-electron chi connectivity index (χ1n) is 4.93. The maximum atomic E-state index is 5.42. The molecule has 6 nitrogen and oxygen atoms in total. The van der Waals surface area contributed by atoms with Gasteiger partial charge in [-0.15, -0.1) is 0 Å². The lowest BCUT2D eigenvalue weighted by Crippen LogP contribution is -2.12. The van der Waals surface area contributed by atoms with Gasteiger partial charge in [0.15, 0.2) is 5.76 Å². The van der Waals surface area contributed by atoms with Crippen LogP contribution in [-0.4, -0.2) is 20.1 Å². The number of rotatable bonds is 4. The van der Waals surface area contributed by atoms with Gasteiger partial charge in [0.1, 0.15) is 16.5 Å². The van der Waals surface area contributed by atoms with Crippen molar-refractivity contribution in [1.82, 2.24) is 15.1 Å². The SMILES string of the molecule is Cc1cc(CNc2cnc(C(N)=S)cn2)on1. The average Bonchev–Trinajstić information content (AvgIpc) is 2.73. The fraction of sp³-hybridized carbons (Fsp3) is 0.200. The van der Waals surface area contributed by atoms with Gasteiger partial charge in [0.25, 0.3) is 0 Å². The van der Waals surface area contributed by atoms with Crippen LogP contribution in [0.5, 0.6) is 0 Å². The molecule has 0 saturated heterocycles. The first-order valence-corrected chi connectivity index (χ1v) is 5.34. The highest BCUT2D eigenvalue weighted by atomic mass is 32.1. The molecule has 0 fully saturated rings. The summed E-state index contributed by atoms with van der Waals surface area (Å²) >= 11 is 4.78. The predicted molar refractivity (Wildman–Crippen MR) is 66.5 cm³/mol. The van der Waals surface area contributed by atoms with Gasteiger partial charge < -0.3 is 15.6 Å². The van der Waals surface area contributed by atoms with Crippen molar-refractivity contribution in [3.63, 3.8) is 0 Å². The minimum Gasteiger partial charge on any atom is -0.388 e. The summed E-state index contributed by atoms with van der Waals surface area (Å²) in [5, 5.41) is 6.83. The van der Waals surface area contributed by atoms with Crippen molar-refractivity contribution in [3.05, 3.63) is 35.6 Å². The Morgan fingerprint density at radius 2 is 2.29 bits per heavy atom. The fourth-order valence-corrected chi connectivity index (χ4v) is 1.33. The van der Waals surface area contributed by atoms with E-state index >= 15 is 0 Å². The first-order chi connectivity index (χ1) is 8.15. The van der Waals surface area contributed by atoms with E-state index in [1.54, 1.807) is 6.20 Å². The molecule has 0 spiro atoms. The molecule has 0 atom stereocenters. The molecule has 2 aromatic heterocycles. The van der Waals surface area contributed by atoms with Gasteiger partial charge in [-0.3, -0.25) is 0 Å². The fourth-order valence-electron chi connectivity index (χ4n) is 1.22. The average molecular weight is 249 g/mol. The molecule has 2 aromatic rings. The van der Waals surface area contributed by atoms with E-state index in [2.05, 4.69) is 20.4 Å². The quantitative estimate of drug-likeness (QED) is 0.782. The molecule has 0 amide bonds. The second-order valence-corrected chi connectivity index (χ2v) is 3.88. The minimum atomic E-state index is 0.231. The van der Waals surface area contributed by atoms with E-state index in [4.69, 9.17) is 22.5 Å². The van der Waals surface area contributed by atoms with Crippen LogP contribution in [-0.2, 0) is 6.54 Å². The van der Waals surface area contributed by atoms with Crippen LogP contribution in [0.2, 0.25) is 0 Å². The van der Waals surface area contributed by atoms with E-state index < -0.39 is 0 Å². The number of anilines is 1. The summed E-state index contributed by atoms with van der Waals surface area (Å²) in [5.74, 6) is 1.36. The van der Waals surface area contributed by atoms with Crippen molar-refractivity contribution >= 4 is 23.0 Å². The second kappa shape index (κ2) is 4.88. The smallest absolute Gasteiger partial charge is 0.156 e. The zero-order valence-electron chi connectivity index (χ0n) is 9.17. The number of aryl methyl sites for hydroxylation is 1. The number of hydrogen-bond donors (Lipinski definition) is 2. The van der Waals surface area contributed by atoms with Gasteiger partial charge in [-0.1, -0.05) is 17.4 Å². The van der Waals surface area contributed by atoms with E-state index in [0.717, 1.165) is 11.5 Å². The number of thiocarbonyl (C=S) groups is 1. The Hall–Kier alpha value is -2.02. The number of nitrogens with zero attached hydrogens (tertiary/aromatic N) is 3. The highest BCUT2D eigenvalue weighted by molar-refractivity contribution is 7.80. The molecule has 7 heteroatoms. The molecule has 0 radical (unpaired) electrons. The predicted octanol–water partition coefficient (Wildman–Crippen LogP) is 1.02. The lowest BCUT2D eigenvalue weighted by molar-refractivity contribution is 0.384. The summed E-state index contributed by atoms with van der Waals surface area (Å²) in [6, 6.07) is 1.85. The third-order valence-corrected chi connectivity index (χ3v) is 2.23. The topological polar surface area (TPSA) is 89.9 Å². The lowest BCUT2D eigenvalue weighted by Gasteiger charge is -2.02. The van der Waals surface area contributed by atoms with Gasteiger partial charge in [0.2, 0.25) is 0 Å². The van der Waals surface area contributed by atoms with Crippen molar-refractivity contribution in [2.75, 3.05) is 5.32 Å². The summed E-state index contributed by atoms with van der Waals surface area (Å²) in [6.07, 6.45) is 3.09. The standard InChI is InChI=1S/C10H11N5OS/c1-6-2-7(16-15-6)3-13-9-5-12-8(4-14-9)10(11)17/h2,4-5H,3H2,1H3,(H2,11,17)(H,13,14). The third-order valence-electron chi connectivity index (χ3n) is 2.02. The monoisotopic (exact) mass is 249 g/mol. The molecule has 0 saturated carbocycles. The molecule has 0 aliphatic carbocycles. The van der Waals surface area contributed by atoms with Crippen LogP contribution in [0.25, 0.3) is 0 Å². The highest BCUT2D eigenvalue weighted by Crippen LogP contribution is 2.06. The molecule has 0 aliphatic heterocycles. The Labute approximate surface area is 103 Å². The van der Waals surface area contributed by atoms with Crippen LogP contribution in [0.15, 0.2) is 23.0 Å². The molecular formula is C10H11N5OS. The summed E-state index contributed by atoms with van der Waals surface area (Å²) in [6.45, 7) is 2.37. The van der Waals surface area contributed by atoms with Crippen molar-refractivity contribution in [2.24, 2.45) is 5.73 Å². The molecule has 2 heterocycles. The maximum absolute atomic E-state index is 5.42. The first kappa shape index (κ1) is 11.5. The van der Waals surface area contributed by atoms with Gasteiger partial charge in [0, 0.05) is 6.07 Å². The zero-order chi connectivity index (χ0) is 12.3. The van der Waals surface area contributed by atoms with Crippen LogP contribution in [0.3, 0.4) is 0 Å². The van der Waals surface area contributed by atoms with Crippen LogP contribution in [0, 0.1) is 6.92 Å². The van der Waals surface area contributed by atoms with E-state index in [9.17, 15) is 0 Å². The van der Waals surface area contributed by atoms with Gasteiger partial charge in [-0.2, -0.15) is 0 Å². The highest BCUT2D eigenvalue weighted by Gasteiger charge is 2.02. The third kappa shape index (κ3) is 2.97. The van der Waals surface area contributed by atoms with Crippen LogP contribution < -0.4 is 11.1 Å². The molecule has 2 rings (SSSR count). The van der Waals surface area contributed by atoms with Crippen molar-refractivity contribution in [3.8, 4) is 0 Å². The molecule has 88 valence electrons. The molecule has 0 aromatic carbocycles. The molecule has 0 bridgehead atoms. The Morgan fingerprint density at radius 1 is 1.47 bits per heavy atom. The Kier molecular flexibility index (Phi) is 3.29. The summed E-state index contributed by atoms with van der Waals surface area (Å²) in [4.78, 5) is 8.41. The lowest BCUT2D eigenvalue weighted by atomic mass is 10.4. The van der Waals surface area contributed by atoms with Gasteiger partial charge in [-0.25, -0.2) is 9.97 Å². The van der Waals surface area contributed by atoms with Crippen molar-refractivity contribution in [2.45, 2.75) is 13.5 Å². The number of nitrogens with two attached hydrogens (primary N) is 1. The van der Waals surface area contributed by atoms with Crippen molar-refractivity contribution < 1.29 is 4.52 Å². The molecule has 3 N–H and O–H groups in total. The van der Waals surface area contributed by atoms with E-state index in [1.807, 2.05) is 13.0 Å². The zero-order valence-corrected chi connectivity index (χ0v) is 9.99. The van der Waals surface area contributed by atoms with E-state index in [0.29, 0.717) is 18.1 Å². The van der Waals surface area contributed by atoms with E-state index in [1.165, 1.54) is 6.20 Å².